The first-order valence-electron chi connectivity index (χ1n) is 9.69. The van der Waals surface area contributed by atoms with E-state index >= 15 is 0 Å². The van der Waals surface area contributed by atoms with Crippen LogP contribution in [0.4, 0.5) is 0 Å². The van der Waals surface area contributed by atoms with E-state index in [9.17, 15) is 4.79 Å². The van der Waals surface area contributed by atoms with E-state index in [1.165, 1.54) is 5.57 Å². The van der Waals surface area contributed by atoms with E-state index in [2.05, 4.69) is 59.3 Å². The van der Waals surface area contributed by atoms with Gasteiger partial charge in [0.15, 0.2) is 5.79 Å². The Bertz CT molecular complexity index is 592. The fourth-order valence-electron chi connectivity index (χ4n) is 3.06. The third-order valence-electron chi connectivity index (χ3n) is 4.89. The molecule has 1 aliphatic heterocycles. The summed E-state index contributed by atoms with van der Waals surface area (Å²) in [4.78, 5) is 11.8. The lowest BCUT2D eigenvalue weighted by molar-refractivity contribution is -0.313. The molecule has 1 saturated heterocycles. The van der Waals surface area contributed by atoms with Crippen molar-refractivity contribution in [1.82, 2.24) is 0 Å². The molecule has 0 aromatic rings. The van der Waals surface area contributed by atoms with Crippen LogP contribution in [-0.4, -0.2) is 30.6 Å². The normalized spacial score (nSPS) is 26.7. The molecule has 0 bridgehead atoms. The van der Waals surface area contributed by atoms with Crippen LogP contribution in [0.15, 0.2) is 11.6 Å². The summed E-state index contributed by atoms with van der Waals surface area (Å²) in [5, 5.41) is 0. The van der Waals surface area contributed by atoms with E-state index < -0.39 is 11.2 Å². The molecular weight excluding hydrogens is 455 g/mol. The van der Waals surface area contributed by atoms with Crippen molar-refractivity contribution >= 4 is 28.6 Å². The van der Waals surface area contributed by atoms with Gasteiger partial charge in [0.1, 0.15) is 6.10 Å². The van der Waals surface area contributed by atoms with Gasteiger partial charge in [0.2, 0.25) is 0 Å². The van der Waals surface area contributed by atoms with Crippen LogP contribution in [0.25, 0.3) is 0 Å². The number of halogens is 1. The fourth-order valence-corrected chi connectivity index (χ4v) is 3.37. The van der Waals surface area contributed by atoms with Crippen LogP contribution >= 0.6 is 22.6 Å². The summed E-state index contributed by atoms with van der Waals surface area (Å²) in [6.07, 6.45) is 3.86. The van der Waals surface area contributed by atoms with Crippen molar-refractivity contribution in [2.24, 2.45) is 17.3 Å². The van der Waals surface area contributed by atoms with E-state index in [1.54, 1.807) is 0 Å². The third-order valence-corrected chi connectivity index (χ3v) is 5.21. The highest BCUT2D eigenvalue weighted by Crippen LogP contribution is 2.36. The molecule has 1 fully saturated rings. The molecule has 0 aromatic heterocycles. The second-order valence-corrected chi connectivity index (χ2v) is 9.42. The number of ether oxygens (including phenoxy) is 3. The van der Waals surface area contributed by atoms with Gasteiger partial charge in [-0.25, -0.2) is 0 Å². The van der Waals surface area contributed by atoms with Crippen LogP contribution in [0.2, 0.25) is 0 Å². The number of carbonyl (C=O) groups excluding carboxylic acids is 1. The van der Waals surface area contributed by atoms with Crippen molar-refractivity contribution in [2.45, 2.75) is 86.2 Å². The van der Waals surface area contributed by atoms with Crippen molar-refractivity contribution in [3.63, 3.8) is 0 Å². The molecule has 0 aromatic carbocycles. The van der Waals surface area contributed by atoms with E-state index in [-0.39, 0.29) is 30.0 Å². The molecule has 0 N–H and O–H groups in total. The maximum atomic E-state index is 11.8. The zero-order valence-corrected chi connectivity index (χ0v) is 20.2. The molecule has 0 spiro atoms. The van der Waals surface area contributed by atoms with Crippen molar-refractivity contribution < 1.29 is 19.0 Å². The molecule has 0 aliphatic carbocycles. The maximum absolute atomic E-state index is 11.8. The van der Waals surface area contributed by atoms with Gasteiger partial charge < -0.3 is 14.2 Å². The van der Waals surface area contributed by atoms with Gasteiger partial charge in [-0.15, -0.1) is 0 Å². The summed E-state index contributed by atoms with van der Waals surface area (Å²) in [6.45, 7) is 16.4. The number of hydrogen-bond donors (Lipinski definition) is 0. The first-order valence-corrected chi connectivity index (χ1v) is 10.8. The van der Waals surface area contributed by atoms with Crippen molar-refractivity contribution in [3.05, 3.63) is 11.6 Å². The van der Waals surface area contributed by atoms with Crippen LogP contribution in [0.5, 0.6) is 0 Å². The minimum atomic E-state index is -0.641. The Morgan fingerprint density at radius 2 is 1.96 bits per heavy atom. The summed E-state index contributed by atoms with van der Waals surface area (Å²) in [5.74, 6) is 2.82. The lowest BCUT2D eigenvalue weighted by Gasteiger charge is -2.45. The average Bonchev–Trinajstić information content (AvgIpc) is 2.55. The van der Waals surface area contributed by atoms with Gasteiger partial charge in [-0.05, 0) is 58.3 Å². The van der Waals surface area contributed by atoms with E-state index in [0.29, 0.717) is 6.61 Å². The predicted molar refractivity (Wildman–Crippen MR) is 117 cm³/mol. The molecule has 0 saturated carbocycles. The minimum absolute atomic E-state index is 0.0472. The molecule has 0 unspecified atom stereocenters. The van der Waals surface area contributed by atoms with Crippen LogP contribution in [-0.2, 0) is 19.0 Å². The van der Waals surface area contributed by atoms with Crippen LogP contribution in [0, 0.1) is 27.1 Å². The molecule has 4 atom stereocenters. The number of esters is 1. The molecule has 1 rings (SSSR count). The highest BCUT2D eigenvalue weighted by atomic mass is 127. The molecule has 0 radical (unpaired) electrons. The molecule has 4 nitrogen and oxygen atoms in total. The Morgan fingerprint density at radius 3 is 2.52 bits per heavy atom. The van der Waals surface area contributed by atoms with Gasteiger partial charge in [0.05, 0.1) is 18.1 Å². The molecule has 0 amide bonds. The summed E-state index contributed by atoms with van der Waals surface area (Å²) in [7, 11) is 0. The van der Waals surface area contributed by atoms with Gasteiger partial charge in [0, 0.05) is 34.4 Å². The maximum Gasteiger partial charge on any atom is 0.311 e. The average molecular weight is 490 g/mol. The van der Waals surface area contributed by atoms with E-state index in [4.69, 9.17) is 14.2 Å². The largest absolute Gasteiger partial charge is 0.465 e. The topological polar surface area (TPSA) is 44.8 Å². The number of unbranched alkanes of at least 4 members (excludes halogenated alkanes) is 1. The zero-order valence-electron chi connectivity index (χ0n) is 18.0. The summed E-state index contributed by atoms with van der Waals surface area (Å²) < 4.78 is 20.5. The third kappa shape index (κ3) is 7.75. The van der Waals surface area contributed by atoms with Gasteiger partial charge in [0.25, 0.3) is 0 Å². The van der Waals surface area contributed by atoms with E-state index in [0.717, 1.165) is 12.8 Å². The molecule has 1 heterocycles. The Morgan fingerprint density at radius 1 is 1.33 bits per heavy atom. The number of rotatable bonds is 6. The fraction of sp³-hybridized carbons (Fsp3) is 0.773. The second kappa shape index (κ2) is 10.3. The highest BCUT2D eigenvalue weighted by Gasteiger charge is 2.42. The van der Waals surface area contributed by atoms with Gasteiger partial charge in [-0.2, -0.15) is 0 Å². The van der Waals surface area contributed by atoms with Crippen LogP contribution in [0.3, 0.4) is 0 Å². The Kier molecular flexibility index (Phi) is 9.30. The Balaban J connectivity index is 2.62. The lowest BCUT2D eigenvalue weighted by atomic mass is 9.83. The van der Waals surface area contributed by atoms with Crippen molar-refractivity contribution in [2.75, 3.05) is 6.61 Å². The van der Waals surface area contributed by atoms with Crippen LogP contribution in [0.1, 0.15) is 68.2 Å². The molecule has 1 aliphatic rings. The zero-order chi connectivity index (χ0) is 20.8. The standard InChI is InChI=1S/C22H35IO4/c1-15(11-9-10-14-25-20(24)21(4,5)6)16(2)19-17(3)18(12-13-23)26-22(7,8)27-19/h11,16-19H,9-10,14H2,1-8H3/b15-11+/t16-,17-,18-,19-/m0/s1. The summed E-state index contributed by atoms with van der Waals surface area (Å²) >= 11 is 2.06. The first kappa shape index (κ1) is 24.5. The van der Waals surface area contributed by atoms with Gasteiger partial charge in [-0.1, -0.05) is 31.4 Å². The first-order chi connectivity index (χ1) is 12.4. The van der Waals surface area contributed by atoms with Gasteiger partial charge in [-0.3, -0.25) is 4.79 Å². The number of allylic oxidation sites excluding steroid dienone is 1. The molecule has 27 heavy (non-hydrogen) atoms. The molecule has 154 valence electrons. The monoisotopic (exact) mass is 490 g/mol. The predicted octanol–water partition coefficient (Wildman–Crippen LogP) is 5.49. The Hall–Kier alpha value is -0.580. The summed E-state index contributed by atoms with van der Waals surface area (Å²) in [6, 6.07) is 0. The SMILES string of the molecule is C/C(=C\CCCOC(=O)C(C)(C)C)[C@H](C)[C@@H]1OC(C)(C)O[C@@H](C#CI)[C@@H]1C. The molecular formula is C22H35IO4. The summed E-state index contributed by atoms with van der Waals surface area (Å²) in [5.41, 5.74) is 0.842. The second-order valence-electron chi connectivity index (χ2n) is 8.88. The van der Waals surface area contributed by atoms with Crippen molar-refractivity contribution in [1.29, 1.82) is 0 Å². The Labute approximate surface area is 178 Å². The van der Waals surface area contributed by atoms with Crippen LogP contribution < -0.4 is 0 Å². The van der Waals surface area contributed by atoms with E-state index in [1.807, 2.05) is 34.6 Å². The lowest BCUT2D eigenvalue weighted by Crippen LogP contribution is -2.51. The van der Waals surface area contributed by atoms with Gasteiger partial charge >= 0.3 is 5.97 Å². The quantitative estimate of drug-likeness (QED) is 0.162. The minimum Gasteiger partial charge on any atom is -0.465 e. The molecule has 5 heteroatoms. The highest BCUT2D eigenvalue weighted by molar-refractivity contribution is 14.1. The number of hydrogen-bond acceptors (Lipinski definition) is 4. The smallest absolute Gasteiger partial charge is 0.311 e. The number of carbonyl (C=O) groups is 1. The van der Waals surface area contributed by atoms with Crippen molar-refractivity contribution in [3.8, 4) is 9.85 Å².